The molecule has 2 nitrogen and oxygen atoms in total. The molecule has 1 atom stereocenters. The molecular formula is C26H41NO. The number of nitriles is 1. The zero-order valence-corrected chi connectivity index (χ0v) is 18.3. The van der Waals surface area contributed by atoms with E-state index in [0.717, 1.165) is 31.1 Å². The molecule has 0 heterocycles. The normalized spacial score (nSPS) is 20.5. The molecule has 0 saturated heterocycles. The van der Waals surface area contributed by atoms with Crippen molar-refractivity contribution in [2.75, 3.05) is 6.61 Å². The van der Waals surface area contributed by atoms with E-state index in [9.17, 15) is 5.26 Å². The molecule has 0 amide bonds. The van der Waals surface area contributed by atoms with E-state index in [1.54, 1.807) is 0 Å². The van der Waals surface area contributed by atoms with Crippen LogP contribution in [0.5, 0.6) is 5.75 Å². The number of unbranched alkanes of at least 4 members (excludes halogenated alkanes) is 5. The van der Waals surface area contributed by atoms with Crippen molar-refractivity contribution in [2.45, 2.75) is 97.3 Å². The minimum atomic E-state index is 0.164. The second-order valence-electron chi connectivity index (χ2n) is 8.77. The third kappa shape index (κ3) is 8.26. The van der Waals surface area contributed by atoms with E-state index < -0.39 is 0 Å². The lowest BCUT2D eigenvalue weighted by molar-refractivity contribution is 0.221. The Bertz CT molecular complexity index is 551. The Morgan fingerprint density at radius 2 is 1.61 bits per heavy atom. The lowest BCUT2D eigenvalue weighted by Gasteiger charge is -2.31. The fourth-order valence-electron chi connectivity index (χ4n) is 4.56. The Balaban J connectivity index is 1.72. The highest BCUT2D eigenvalue weighted by Crippen LogP contribution is 2.36. The molecule has 0 bridgehead atoms. The summed E-state index contributed by atoms with van der Waals surface area (Å²) in [6.45, 7) is 5.33. The van der Waals surface area contributed by atoms with Crippen LogP contribution in [0.25, 0.3) is 0 Å². The highest BCUT2D eigenvalue weighted by atomic mass is 16.5. The van der Waals surface area contributed by atoms with E-state index in [1.165, 1.54) is 76.2 Å². The maximum Gasteiger partial charge on any atom is 0.119 e. The van der Waals surface area contributed by atoms with Gasteiger partial charge in [-0.25, -0.2) is 0 Å². The summed E-state index contributed by atoms with van der Waals surface area (Å²) in [5.74, 6) is 2.62. The minimum Gasteiger partial charge on any atom is -0.494 e. The largest absolute Gasteiger partial charge is 0.494 e. The van der Waals surface area contributed by atoms with Crippen molar-refractivity contribution < 1.29 is 4.74 Å². The second-order valence-corrected chi connectivity index (χ2v) is 8.77. The first-order valence-electron chi connectivity index (χ1n) is 11.9. The molecule has 156 valence electrons. The lowest BCUT2D eigenvalue weighted by atomic mass is 9.73. The van der Waals surface area contributed by atoms with Crippen molar-refractivity contribution in [1.29, 1.82) is 5.26 Å². The average molecular weight is 384 g/mol. The fourth-order valence-corrected chi connectivity index (χ4v) is 4.56. The molecule has 1 saturated carbocycles. The Labute approximate surface area is 173 Å². The van der Waals surface area contributed by atoms with Gasteiger partial charge < -0.3 is 4.74 Å². The standard InChI is InChI=1S/C26H41NO/c1-3-5-7-8-9-19-28-26-17-13-23(14-18-26)20-25(21-27)24-15-11-22(12-16-24)10-6-4-2/h13-14,17-18,22,24-25H,3-12,15-16,19-20H2,1-2H3/t22-,24-,25?. The zero-order valence-electron chi connectivity index (χ0n) is 18.3. The van der Waals surface area contributed by atoms with Gasteiger partial charge in [-0.15, -0.1) is 0 Å². The Hall–Kier alpha value is -1.49. The molecule has 0 aromatic heterocycles. The van der Waals surface area contributed by atoms with Crippen LogP contribution in [0.1, 0.15) is 96.5 Å². The van der Waals surface area contributed by atoms with Crippen LogP contribution in [0.15, 0.2) is 24.3 Å². The van der Waals surface area contributed by atoms with Gasteiger partial charge in [-0.05, 0) is 55.2 Å². The summed E-state index contributed by atoms with van der Waals surface area (Å²) in [4.78, 5) is 0. The summed E-state index contributed by atoms with van der Waals surface area (Å²) in [6.07, 6.45) is 16.4. The van der Waals surface area contributed by atoms with Gasteiger partial charge in [0.15, 0.2) is 0 Å². The summed E-state index contributed by atoms with van der Waals surface area (Å²) in [6, 6.07) is 11.1. The van der Waals surface area contributed by atoms with Crippen LogP contribution >= 0.6 is 0 Å². The van der Waals surface area contributed by atoms with E-state index in [1.807, 2.05) is 0 Å². The van der Waals surface area contributed by atoms with Gasteiger partial charge in [0, 0.05) is 0 Å². The van der Waals surface area contributed by atoms with Gasteiger partial charge in [-0.2, -0.15) is 5.26 Å². The Kier molecular flexibility index (Phi) is 11.1. The summed E-state index contributed by atoms with van der Waals surface area (Å²) in [5.41, 5.74) is 1.27. The maximum atomic E-state index is 9.73. The van der Waals surface area contributed by atoms with Crippen molar-refractivity contribution >= 4 is 0 Å². The molecule has 1 fully saturated rings. The second kappa shape index (κ2) is 13.6. The number of hydrogen-bond donors (Lipinski definition) is 0. The third-order valence-electron chi connectivity index (χ3n) is 6.49. The van der Waals surface area contributed by atoms with Crippen molar-refractivity contribution in [1.82, 2.24) is 0 Å². The van der Waals surface area contributed by atoms with Crippen molar-refractivity contribution in [3.63, 3.8) is 0 Å². The first-order chi connectivity index (χ1) is 13.8. The van der Waals surface area contributed by atoms with Gasteiger partial charge in [0.2, 0.25) is 0 Å². The average Bonchev–Trinajstić information content (AvgIpc) is 2.74. The highest BCUT2D eigenvalue weighted by Gasteiger charge is 2.27. The van der Waals surface area contributed by atoms with E-state index >= 15 is 0 Å². The molecule has 0 radical (unpaired) electrons. The summed E-state index contributed by atoms with van der Waals surface area (Å²) >= 11 is 0. The molecular weight excluding hydrogens is 342 g/mol. The zero-order chi connectivity index (χ0) is 20.0. The molecule has 1 aromatic rings. The van der Waals surface area contributed by atoms with Gasteiger partial charge in [0.1, 0.15) is 5.75 Å². The number of benzene rings is 1. The fraction of sp³-hybridized carbons (Fsp3) is 0.731. The van der Waals surface area contributed by atoms with Crippen LogP contribution < -0.4 is 4.74 Å². The highest BCUT2D eigenvalue weighted by molar-refractivity contribution is 5.28. The summed E-state index contributed by atoms with van der Waals surface area (Å²) in [7, 11) is 0. The lowest BCUT2D eigenvalue weighted by Crippen LogP contribution is -2.22. The maximum absolute atomic E-state index is 9.73. The molecule has 1 unspecified atom stereocenters. The van der Waals surface area contributed by atoms with Crippen LogP contribution in [0.4, 0.5) is 0 Å². The monoisotopic (exact) mass is 383 g/mol. The molecule has 28 heavy (non-hydrogen) atoms. The van der Waals surface area contributed by atoms with E-state index in [0.29, 0.717) is 5.92 Å². The number of hydrogen-bond acceptors (Lipinski definition) is 2. The van der Waals surface area contributed by atoms with Gasteiger partial charge in [-0.3, -0.25) is 0 Å². The first-order valence-corrected chi connectivity index (χ1v) is 11.9. The van der Waals surface area contributed by atoms with Gasteiger partial charge >= 0.3 is 0 Å². The number of ether oxygens (including phenoxy) is 1. The van der Waals surface area contributed by atoms with E-state index in [2.05, 4.69) is 44.2 Å². The molecule has 2 heteroatoms. The van der Waals surface area contributed by atoms with E-state index in [4.69, 9.17) is 4.74 Å². The Morgan fingerprint density at radius 1 is 0.929 bits per heavy atom. The van der Waals surface area contributed by atoms with Gasteiger partial charge in [0.25, 0.3) is 0 Å². The summed E-state index contributed by atoms with van der Waals surface area (Å²) < 4.78 is 5.87. The number of rotatable bonds is 13. The van der Waals surface area contributed by atoms with Gasteiger partial charge in [0.05, 0.1) is 18.6 Å². The Morgan fingerprint density at radius 3 is 2.25 bits per heavy atom. The first kappa shape index (κ1) is 22.8. The van der Waals surface area contributed by atoms with Crippen molar-refractivity contribution in [3.8, 4) is 11.8 Å². The minimum absolute atomic E-state index is 0.164. The molecule has 1 aliphatic rings. The van der Waals surface area contributed by atoms with E-state index in [-0.39, 0.29) is 5.92 Å². The smallest absolute Gasteiger partial charge is 0.119 e. The van der Waals surface area contributed by atoms with Crippen LogP contribution in [0.3, 0.4) is 0 Å². The van der Waals surface area contributed by atoms with Crippen molar-refractivity contribution in [2.24, 2.45) is 17.8 Å². The van der Waals surface area contributed by atoms with Crippen LogP contribution in [0, 0.1) is 29.1 Å². The molecule has 0 aliphatic heterocycles. The molecule has 1 aromatic carbocycles. The van der Waals surface area contributed by atoms with Crippen molar-refractivity contribution in [3.05, 3.63) is 29.8 Å². The predicted molar refractivity (Wildman–Crippen MR) is 118 cm³/mol. The molecule has 1 aliphatic carbocycles. The number of nitrogens with zero attached hydrogens (tertiary/aromatic N) is 1. The quantitative estimate of drug-likeness (QED) is 0.327. The topological polar surface area (TPSA) is 33.0 Å². The van der Waals surface area contributed by atoms with Crippen LogP contribution in [-0.2, 0) is 6.42 Å². The van der Waals surface area contributed by atoms with Gasteiger partial charge in [-0.1, -0.05) is 83.8 Å². The summed E-state index contributed by atoms with van der Waals surface area (Å²) in [5, 5.41) is 9.73. The third-order valence-corrected chi connectivity index (χ3v) is 6.49. The molecule has 2 rings (SSSR count). The predicted octanol–water partition coefficient (Wildman–Crippen LogP) is 7.71. The molecule has 0 N–H and O–H groups in total. The van der Waals surface area contributed by atoms with Crippen LogP contribution in [0.2, 0.25) is 0 Å². The van der Waals surface area contributed by atoms with Crippen LogP contribution in [-0.4, -0.2) is 6.61 Å². The molecule has 0 spiro atoms. The SMILES string of the molecule is CCCCCCCOc1ccc(CC(C#N)[C@H]2CC[C@H](CCCC)CC2)cc1.